The number of ether oxygens (including phenoxy) is 1. The van der Waals surface area contributed by atoms with Gasteiger partial charge in [0, 0.05) is 12.6 Å². The third-order valence-corrected chi connectivity index (χ3v) is 4.44. The van der Waals surface area contributed by atoms with Crippen LogP contribution in [0.2, 0.25) is 0 Å². The van der Waals surface area contributed by atoms with Crippen LogP contribution < -0.4 is 4.74 Å². The number of nitrogens with zero attached hydrogens (tertiary/aromatic N) is 1. The molecule has 1 aromatic carbocycles. The van der Waals surface area contributed by atoms with Gasteiger partial charge >= 0.3 is 5.97 Å². The Hall–Kier alpha value is -1.55. The van der Waals surface area contributed by atoms with Crippen LogP contribution in [0.1, 0.15) is 43.5 Å². The van der Waals surface area contributed by atoms with Crippen LogP contribution in [-0.2, 0) is 0 Å². The zero-order valence-electron chi connectivity index (χ0n) is 12.9. The maximum absolute atomic E-state index is 10.9. The first kappa shape index (κ1) is 15.8. The molecule has 1 heterocycles. The molecule has 1 aliphatic heterocycles. The number of carboxylic acid groups (broad SMARTS) is 1. The average Bonchev–Trinajstić information content (AvgIpc) is 2.48. The van der Waals surface area contributed by atoms with Crippen LogP contribution in [-0.4, -0.2) is 41.7 Å². The SMILES string of the molecule is CC1CCCN(CCCOc2cccc(C(=O)O)c2)C1C. The molecule has 1 N–H and O–H groups in total. The molecule has 0 amide bonds. The highest BCUT2D eigenvalue weighted by Gasteiger charge is 2.23. The number of piperidine rings is 1. The molecule has 21 heavy (non-hydrogen) atoms. The number of hydrogen-bond acceptors (Lipinski definition) is 3. The maximum atomic E-state index is 10.9. The van der Waals surface area contributed by atoms with Gasteiger partial charge < -0.3 is 14.7 Å². The number of likely N-dealkylation sites (tertiary alicyclic amines) is 1. The quantitative estimate of drug-likeness (QED) is 0.817. The molecular weight excluding hydrogens is 266 g/mol. The van der Waals surface area contributed by atoms with Crippen LogP contribution in [0, 0.1) is 5.92 Å². The van der Waals surface area contributed by atoms with Crippen LogP contribution in [0.25, 0.3) is 0 Å². The number of rotatable bonds is 6. The van der Waals surface area contributed by atoms with Gasteiger partial charge in [-0.1, -0.05) is 13.0 Å². The van der Waals surface area contributed by atoms with Gasteiger partial charge in [-0.2, -0.15) is 0 Å². The Morgan fingerprint density at radius 3 is 3.00 bits per heavy atom. The molecule has 1 aromatic rings. The van der Waals surface area contributed by atoms with Gasteiger partial charge in [0.25, 0.3) is 0 Å². The van der Waals surface area contributed by atoms with Crippen LogP contribution in [0.3, 0.4) is 0 Å². The number of carbonyl (C=O) groups is 1. The van der Waals surface area contributed by atoms with E-state index in [4.69, 9.17) is 9.84 Å². The second-order valence-electron chi connectivity index (χ2n) is 5.93. The van der Waals surface area contributed by atoms with E-state index in [1.54, 1.807) is 24.3 Å². The Morgan fingerprint density at radius 1 is 1.43 bits per heavy atom. The van der Waals surface area contributed by atoms with Crippen LogP contribution in [0.4, 0.5) is 0 Å². The molecule has 1 aliphatic rings. The number of carboxylic acids is 1. The molecule has 1 saturated heterocycles. The molecule has 116 valence electrons. The number of hydrogen-bond donors (Lipinski definition) is 1. The maximum Gasteiger partial charge on any atom is 0.335 e. The van der Waals surface area contributed by atoms with E-state index in [2.05, 4.69) is 18.7 Å². The minimum absolute atomic E-state index is 0.269. The van der Waals surface area contributed by atoms with Crippen molar-refractivity contribution in [1.29, 1.82) is 0 Å². The fourth-order valence-corrected chi connectivity index (χ4v) is 2.91. The summed E-state index contributed by atoms with van der Waals surface area (Å²) < 4.78 is 5.66. The summed E-state index contributed by atoms with van der Waals surface area (Å²) in [7, 11) is 0. The highest BCUT2D eigenvalue weighted by molar-refractivity contribution is 5.87. The van der Waals surface area contributed by atoms with E-state index in [-0.39, 0.29) is 5.56 Å². The average molecular weight is 291 g/mol. The lowest BCUT2D eigenvalue weighted by atomic mass is 9.92. The highest BCUT2D eigenvalue weighted by atomic mass is 16.5. The predicted molar refractivity (Wildman–Crippen MR) is 82.9 cm³/mol. The molecule has 0 spiro atoms. The van der Waals surface area contributed by atoms with Gasteiger partial charge in [-0.3, -0.25) is 0 Å². The first-order chi connectivity index (χ1) is 10.1. The fourth-order valence-electron chi connectivity index (χ4n) is 2.91. The largest absolute Gasteiger partial charge is 0.494 e. The van der Waals surface area contributed by atoms with Crippen molar-refractivity contribution in [2.24, 2.45) is 5.92 Å². The minimum Gasteiger partial charge on any atom is -0.494 e. The van der Waals surface area contributed by atoms with Gasteiger partial charge in [-0.15, -0.1) is 0 Å². The summed E-state index contributed by atoms with van der Waals surface area (Å²) >= 11 is 0. The Kier molecular flexibility index (Phi) is 5.62. The molecule has 2 atom stereocenters. The molecule has 0 aromatic heterocycles. The fraction of sp³-hybridized carbons (Fsp3) is 0.588. The predicted octanol–water partition coefficient (Wildman–Crippen LogP) is 3.27. The Balaban J connectivity index is 1.74. The van der Waals surface area contributed by atoms with Crippen molar-refractivity contribution >= 4 is 5.97 Å². The second kappa shape index (κ2) is 7.46. The van der Waals surface area contributed by atoms with Crippen molar-refractivity contribution in [3.05, 3.63) is 29.8 Å². The van der Waals surface area contributed by atoms with Gasteiger partial charge in [0.15, 0.2) is 0 Å². The van der Waals surface area contributed by atoms with Crippen molar-refractivity contribution in [3.8, 4) is 5.75 Å². The number of aromatic carboxylic acids is 1. The van der Waals surface area contributed by atoms with E-state index >= 15 is 0 Å². The van der Waals surface area contributed by atoms with Gasteiger partial charge in [-0.25, -0.2) is 4.79 Å². The van der Waals surface area contributed by atoms with E-state index in [0.29, 0.717) is 18.4 Å². The summed E-state index contributed by atoms with van der Waals surface area (Å²) in [4.78, 5) is 13.4. The molecule has 4 nitrogen and oxygen atoms in total. The van der Waals surface area contributed by atoms with Crippen molar-refractivity contribution in [1.82, 2.24) is 4.90 Å². The first-order valence-corrected chi connectivity index (χ1v) is 7.78. The summed E-state index contributed by atoms with van der Waals surface area (Å²) in [6.45, 7) is 7.48. The van der Waals surface area contributed by atoms with Crippen molar-refractivity contribution in [3.63, 3.8) is 0 Å². The van der Waals surface area contributed by atoms with Crippen molar-refractivity contribution < 1.29 is 14.6 Å². The molecule has 4 heteroatoms. The van der Waals surface area contributed by atoms with Gasteiger partial charge in [0.05, 0.1) is 12.2 Å². The lowest BCUT2D eigenvalue weighted by Gasteiger charge is -2.37. The van der Waals surface area contributed by atoms with Crippen LogP contribution >= 0.6 is 0 Å². The van der Waals surface area contributed by atoms with Crippen molar-refractivity contribution in [2.45, 2.75) is 39.2 Å². The van der Waals surface area contributed by atoms with E-state index in [1.165, 1.54) is 19.4 Å². The molecule has 0 saturated carbocycles. The third kappa shape index (κ3) is 4.46. The van der Waals surface area contributed by atoms with E-state index in [9.17, 15) is 4.79 Å². The molecular formula is C17H25NO3. The summed E-state index contributed by atoms with van der Waals surface area (Å²) in [6.07, 6.45) is 3.58. The smallest absolute Gasteiger partial charge is 0.335 e. The van der Waals surface area contributed by atoms with Crippen LogP contribution in [0.15, 0.2) is 24.3 Å². The van der Waals surface area contributed by atoms with Gasteiger partial charge in [0.2, 0.25) is 0 Å². The lowest BCUT2D eigenvalue weighted by Crippen LogP contribution is -2.43. The summed E-state index contributed by atoms with van der Waals surface area (Å²) in [5.41, 5.74) is 0.269. The first-order valence-electron chi connectivity index (χ1n) is 7.78. The Labute approximate surface area is 126 Å². The molecule has 0 bridgehead atoms. The third-order valence-electron chi connectivity index (χ3n) is 4.44. The normalized spacial score (nSPS) is 23.0. The van der Waals surface area contributed by atoms with Crippen LogP contribution in [0.5, 0.6) is 5.75 Å². The second-order valence-corrected chi connectivity index (χ2v) is 5.93. The van der Waals surface area contributed by atoms with E-state index in [1.807, 2.05) is 0 Å². The monoisotopic (exact) mass is 291 g/mol. The van der Waals surface area contributed by atoms with E-state index in [0.717, 1.165) is 18.9 Å². The van der Waals surface area contributed by atoms with Gasteiger partial charge in [-0.05, 0) is 56.8 Å². The molecule has 0 aliphatic carbocycles. The summed E-state index contributed by atoms with van der Waals surface area (Å²) in [6, 6.07) is 7.32. The highest BCUT2D eigenvalue weighted by Crippen LogP contribution is 2.22. The lowest BCUT2D eigenvalue weighted by molar-refractivity contribution is 0.0696. The molecule has 0 radical (unpaired) electrons. The minimum atomic E-state index is -0.920. The molecule has 2 rings (SSSR count). The standard InChI is InChI=1S/C17H25NO3/c1-13-6-4-9-18(14(13)2)10-5-11-21-16-8-3-7-15(12-16)17(19)20/h3,7-8,12-14H,4-6,9-11H2,1-2H3,(H,19,20). The number of benzene rings is 1. The Bertz CT molecular complexity index is 475. The van der Waals surface area contributed by atoms with Crippen molar-refractivity contribution in [2.75, 3.05) is 19.7 Å². The zero-order valence-corrected chi connectivity index (χ0v) is 12.9. The zero-order chi connectivity index (χ0) is 15.2. The topological polar surface area (TPSA) is 49.8 Å². The molecule has 1 fully saturated rings. The summed E-state index contributed by atoms with van der Waals surface area (Å²) in [5.74, 6) is 0.485. The van der Waals surface area contributed by atoms with E-state index < -0.39 is 5.97 Å². The molecule has 2 unspecified atom stereocenters. The van der Waals surface area contributed by atoms with Gasteiger partial charge in [0.1, 0.15) is 5.75 Å². The Morgan fingerprint density at radius 2 is 2.24 bits per heavy atom. The summed E-state index contributed by atoms with van der Waals surface area (Å²) in [5, 5.41) is 8.94.